The predicted octanol–water partition coefficient (Wildman–Crippen LogP) is 1.89. The van der Waals surface area contributed by atoms with Crippen LogP contribution in [0.1, 0.15) is 38.2 Å². The smallest absolute Gasteiger partial charge is 0.322 e. The molecule has 1 saturated heterocycles. The number of benzene rings is 1. The fourth-order valence-corrected chi connectivity index (χ4v) is 2.97. The van der Waals surface area contributed by atoms with Crippen LogP contribution in [0.2, 0.25) is 0 Å². The van der Waals surface area contributed by atoms with E-state index >= 15 is 0 Å². The van der Waals surface area contributed by atoms with E-state index in [1.165, 1.54) is 30.4 Å². The Labute approximate surface area is 154 Å². The number of rotatable bonds is 7. The molecule has 7 heteroatoms. The van der Waals surface area contributed by atoms with Gasteiger partial charge in [0.15, 0.2) is 0 Å². The normalized spacial score (nSPS) is 16.8. The van der Waals surface area contributed by atoms with Crippen LogP contribution in [-0.4, -0.2) is 48.9 Å². The van der Waals surface area contributed by atoms with E-state index in [9.17, 15) is 14.4 Å². The lowest BCUT2D eigenvalue weighted by Crippen LogP contribution is -2.59. The van der Waals surface area contributed by atoms with Gasteiger partial charge in [-0.3, -0.25) is 9.59 Å². The van der Waals surface area contributed by atoms with E-state index in [1.54, 1.807) is 0 Å². The van der Waals surface area contributed by atoms with Crippen molar-refractivity contribution in [3.63, 3.8) is 0 Å². The van der Waals surface area contributed by atoms with Gasteiger partial charge in [-0.05, 0) is 30.5 Å². The van der Waals surface area contributed by atoms with Crippen LogP contribution in [0.25, 0.3) is 0 Å². The number of piperazine rings is 1. The first-order valence-corrected chi connectivity index (χ1v) is 9.20. The minimum Gasteiger partial charge on any atom is -0.359 e. The fraction of sp³-hybridized carbons (Fsp3) is 0.526. The molecule has 142 valence electrons. The molecule has 1 aromatic carbocycles. The highest BCUT2D eigenvalue weighted by atomic mass is 16.2. The Bertz CT molecular complexity index is 630. The first-order chi connectivity index (χ1) is 12.5. The summed E-state index contributed by atoms with van der Waals surface area (Å²) in [4.78, 5) is 37.7. The summed E-state index contributed by atoms with van der Waals surface area (Å²) in [6.07, 6.45) is 4.54. The predicted molar refractivity (Wildman–Crippen MR) is 101 cm³/mol. The second-order valence-electron chi connectivity index (χ2n) is 6.46. The minimum atomic E-state index is -0.794. The van der Waals surface area contributed by atoms with Crippen LogP contribution in [0.5, 0.6) is 0 Å². The molecule has 1 aromatic rings. The summed E-state index contributed by atoms with van der Waals surface area (Å²) in [6, 6.07) is 6.60. The lowest BCUT2D eigenvalue weighted by Gasteiger charge is -2.34. The zero-order valence-electron chi connectivity index (χ0n) is 15.5. The Balaban J connectivity index is 1.98. The summed E-state index contributed by atoms with van der Waals surface area (Å²) in [6.45, 7) is 2.93. The molecule has 26 heavy (non-hydrogen) atoms. The lowest BCUT2D eigenvalue weighted by molar-refractivity contribution is -0.132. The van der Waals surface area contributed by atoms with Gasteiger partial charge in [0.1, 0.15) is 6.04 Å². The molecule has 0 unspecified atom stereocenters. The number of nitrogens with one attached hydrogen (secondary N) is 3. The van der Waals surface area contributed by atoms with Crippen LogP contribution < -0.4 is 16.0 Å². The van der Waals surface area contributed by atoms with Gasteiger partial charge in [-0.1, -0.05) is 31.9 Å². The highest BCUT2D eigenvalue weighted by Crippen LogP contribution is 2.15. The van der Waals surface area contributed by atoms with E-state index in [1.807, 2.05) is 24.3 Å². The monoisotopic (exact) mass is 360 g/mol. The van der Waals surface area contributed by atoms with Crippen LogP contribution in [0.3, 0.4) is 0 Å². The molecular formula is C19H28N4O3. The molecule has 0 radical (unpaired) electrons. The van der Waals surface area contributed by atoms with Crippen molar-refractivity contribution in [2.75, 3.05) is 25.5 Å². The van der Waals surface area contributed by atoms with Gasteiger partial charge in [0, 0.05) is 25.8 Å². The topological polar surface area (TPSA) is 90.5 Å². The van der Waals surface area contributed by atoms with Crippen LogP contribution in [0.15, 0.2) is 24.3 Å². The second-order valence-corrected chi connectivity index (χ2v) is 6.46. The molecule has 1 heterocycles. The Hall–Kier alpha value is -2.57. The summed E-state index contributed by atoms with van der Waals surface area (Å²) in [5, 5.41) is 8.02. The Morgan fingerprint density at radius 1 is 1.23 bits per heavy atom. The largest absolute Gasteiger partial charge is 0.359 e. The first-order valence-electron chi connectivity index (χ1n) is 9.20. The zero-order chi connectivity index (χ0) is 18.9. The molecule has 0 spiro atoms. The van der Waals surface area contributed by atoms with Crippen molar-refractivity contribution >= 4 is 23.5 Å². The third-order valence-corrected chi connectivity index (χ3v) is 4.52. The molecule has 0 aromatic heterocycles. The molecule has 1 aliphatic heterocycles. The van der Waals surface area contributed by atoms with Gasteiger partial charge in [0.05, 0.1) is 6.42 Å². The third kappa shape index (κ3) is 5.47. The highest BCUT2D eigenvalue weighted by Gasteiger charge is 2.34. The van der Waals surface area contributed by atoms with Crippen LogP contribution in [-0.2, 0) is 16.0 Å². The van der Waals surface area contributed by atoms with Crippen LogP contribution in [0, 0.1) is 0 Å². The highest BCUT2D eigenvalue weighted by molar-refractivity contribution is 5.96. The Kier molecular flexibility index (Phi) is 7.44. The summed E-state index contributed by atoms with van der Waals surface area (Å²) >= 11 is 0. The summed E-state index contributed by atoms with van der Waals surface area (Å²) in [5.74, 6) is -0.581. The van der Waals surface area contributed by atoms with E-state index in [0.717, 1.165) is 12.8 Å². The fourth-order valence-electron chi connectivity index (χ4n) is 2.97. The number of carbonyl (C=O) groups is 3. The second kappa shape index (κ2) is 9.79. The van der Waals surface area contributed by atoms with Gasteiger partial charge in [-0.2, -0.15) is 0 Å². The van der Waals surface area contributed by atoms with Crippen molar-refractivity contribution in [3.05, 3.63) is 29.8 Å². The van der Waals surface area contributed by atoms with Crippen molar-refractivity contribution in [1.82, 2.24) is 15.5 Å². The number of anilines is 1. The van der Waals surface area contributed by atoms with Gasteiger partial charge < -0.3 is 20.9 Å². The first kappa shape index (κ1) is 19.8. The van der Waals surface area contributed by atoms with Gasteiger partial charge >= 0.3 is 6.03 Å². The van der Waals surface area contributed by atoms with Crippen molar-refractivity contribution in [1.29, 1.82) is 0 Å². The number of hydrogen-bond acceptors (Lipinski definition) is 3. The molecule has 3 N–H and O–H groups in total. The van der Waals surface area contributed by atoms with E-state index in [-0.39, 0.29) is 24.3 Å². The van der Waals surface area contributed by atoms with Crippen LogP contribution >= 0.6 is 0 Å². The number of carbonyl (C=O) groups excluding carboxylic acids is 3. The van der Waals surface area contributed by atoms with E-state index < -0.39 is 6.04 Å². The summed E-state index contributed by atoms with van der Waals surface area (Å²) < 4.78 is 0. The van der Waals surface area contributed by atoms with Gasteiger partial charge in [0.25, 0.3) is 0 Å². The molecule has 1 aliphatic rings. The number of nitrogens with zero attached hydrogens (tertiary/aromatic N) is 1. The third-order valence-electron chi connectivity index (χ3n) is 4.52. The molecule has 4 amide bonds. The maximum absolute atomic E-state index is 12.6. The van der Waals surface area contributed by atoms with E-state index in [2.05, 4.69) is 22.9 Å². The number of urea groups is 1. The molecule has 1 atom stereocenters. The van der Waals surface area contributed by atoms with Crippen molar-refractivity contribution in [3.8, 4) is 0 Å². The Morgan fingerprint density at radius 2 is 1.96 bits per heavy atom. The maximum Gasteiger partial charge on any atom is 0.322 e. The molecule has 0 bridgehead atoms. The van der Waals surface area contributed by atoms with Gasteiger partial charge in [-0.15, -0.1) is 0 Å². The average Bonchev–Trinajstić information content (AvgIpc) is 2.64. The molecule has 1 fully saturated rings. The molecule has 0 saturated carbocycles. The standard InChI is InChI=1S/C19H28N4O3/c1-3-4-5-6-14-7-9-15(10-8-14)22-19(26)23-12-11-21-18(25)16(23)13-17(24)20-2/h7-10,16H,3-6,11-13H2,1-2H3,(H,20,24)(H,21,25)(H,22,26)/t16-/m0/s1. The SMILES string of the molecule is CCCCCc1ccc(NC(=O)N2CCNC(=O)[C@@H]2CC(=O)NC)cc1. The average molecular weight is 360 g/mol. The van der Waals surface area contributed by atoms with Crippen LogP contribution in [0.4, 0.5) is 10.5 Å². The molecule has 0 aliphatic carbocycles. The number of hydrogen-bond donors (Lipinski definition) is 3. The molecule has 7 nitrogen and oxygen atoms in total. The van der Waals surface area contributed by atoms with E-state index in [0.29, 0.717) is 18.8 Å². The quantitative estimate of drug-likeness (QED) is 0.649. The number of amides is 4. The van der Waals surface area contributed by atoms with E-state index in [4.69, 9.17) is 0 Å². The van der Waals surface area contributed by atoms with Gasteiger partial charge in [0.2, 0.25) is 11.8 Å². The minimum absolute atomic E-state index is 0.0495. The summed E-state index contributed by atoms with van der Waals surface area (Å²) in [5.41, 5.74) is 1.92. The Morgan fingerprint density at radius 3 is 2.62 bits per heavy atom. The maximum atomic E-state index is 12.6. The number of unbranched alkanes of at least 4 members (excludes halogenated alkanes) is 2. The van der Waals surface area contributed by atoms with Gasteiger partial charge in [-0.25, -0.2) is 4.79 Å². The van der Waals surface area contributed by atoms with Crippen molar-refractivity contribution in [2.24, 2.45) is 0 Å². The lowest BCUT2D eigenvalue weighted by atomic mass is 10.1. The molecule has 2 rings (SSSR count). The number of aryl methyl sites for hydroxylation is 1. The summed E-state index contributed by atoms with van der Waals surface area (Å²) in [7, 11) is 1.51. The van der Waals surface area contributed by atoms with Crippen molar-refractivity contribution < 1.29 is 14.4 Å². The van der Waals surface area contributed by atoms with Crippen molar-refractivity contribution in [2.45, 2.75) is 45.1 Å². The molecular weight excluding hydrogens is 332 g/mol. The zero-order valence-corrected chi connectivity index (χ0v) is 15.5.